The van der Waals surface area contributed by atoms with Gasteiger partial charge in [0.05, 0.1) is 11.4 Å². The number of anilines is 2. The Morgan fingerprint density at radius 3 is 0.820 bits per heavy atom. The quantitative estimate of drug-likeness (QED) is 0.0937. The Kier molecular flexibility index (Phi) is 9.54. The van der Waals surface area contributed by atoms with Gasteiger partial charge in [0, 0.05) is 0 Å². The fraction of sp³-hybridized carbons (Fsp3) is 0. The van der Waals surface area contributed by atoms with Crippen molar-refractivity contribution in [2.75, 3.05) is 11.5 Å². The Hall–Kier alpha value is -5.59. The molecule has 0 bridgehead atoms. The molecule has 0 fully saturated rings. The first-order chi connectivity index (χ1) is 24.4. The summed E-state index contributed by atoms with van der Waals surface area (Å²) in [6.07, 6.45) is 0. The topological polar surface area (TPSA) is 144 Å². The van der Waals surface area contributed by atoms with Gasteiger partial charge in [-0.05, 0) is 72.8 Å². The van der Waals surface area contributed by atoms with E-state index in [1.54, 1.807) is 97.1 Å². The van der Waals surface area contributed by atoms with Gasteiger partial charge in [-0.1, -0.05) is 111 Å². The zero-order chi connectivity index (χ0) is 34.3. The molecule has 0 saturated heterocycles. The van der Waals surface area contributed by atoms with Crippen LogP contribution in [0.1, 0.15) is 0 Å². The monoisotopic (exact) mass is 723 g/mol. The molecule has 0 unspecified atom stereocenters. The predicted molar refractivity (Wildman–Crippen MR) is 199 cm³/mol. The lowest BCUT2D eigenvalue weighted by molar-refractivity contribution is 0.443. The zero-order valence-electron chi connectivity index (χ0n) is 26.5. The van der Waals surface area contributed by atoms with Gasteiger partial charge >= 0.3 is 23.0 Å². The summed E-state index contributed by atoms with van der Waals surface area (Å²) in [6, 6.07) is 50.2. The molecule has 7 rings (SSSR count). The Morgan fingerprint density at radius 1 is 0.300 bits per heavy atom. The summed E-state index contributed by atoms with van der Waals surface area (Å²) in [5, 5.41) is 0. The molecule has 1 aliphatic heterocycles. The fourth-order valence-corrected chi connectivity index (χ4v) is 13.7. The normalized spacial score (nSPS) is 15.1. The lowest BCUT2D eigenvalue weighted by Crippen LogP contribution is -2.12. The first kappa shape index (κ1) is 32.9. The van der Waals surface area contributed by atoms with Gasteiger partial charge in [0.2, 0.25) is 0 Å². The molecule has 0 aliphatic carbocycles. The number of nitrogens with zero attached hydrogens (tertiary/aromatic N) is 3. The maximum Gasteiger partial charge on any atom is 0.461 e. The molecule has 0 atom stereocenters. The van der Waals surface area contributed by atoms with E-state index < -0.39 is 23.0 Å². The maximum atomic E-state index is 6.74. The molecule has 252 valence electrons. The smallest absolute Gasteiger partial charge is 0.413 e. The minimum Gasteiger partial charge on any atom is -0.413 e. The van der Waals surface area contributed by atoms with Crippen LogP contribution in [0.3, 0.4) is 0 Å². The molecular weight excluding hydrogens is 691 g/mol. The highest BCUT2D eigenvalue weighted by Gasteiger charge is 2.49. The summed E-state index contributed by atoms with van der Waals surface area (Å²) in [6.45, 7) is 0. The summed E-state index contributed by atoms with van der Waals surface area (Å²) >= 11 is 0. The van der Waals surface area contributed by atoms with Crippen molar-refractivity contribution in [2.45, 2.75) is 0 Å². The average Bonchev–Trinajstić information content (AvgIpc) is 3.12. The number of hydrogen-bond acceptors (Lipinski definition) is 11. The van der Waals surface area contributed by atoms with Crippen LogP contribution >= 0.6 is 23.0 Å². The van der Waals surface area contributed by atoms with Crippen LogP contribution < -0.4 is 38.6 Å². The number of para-hydroxylation sites is 8. The van der Waals surface area contributed by atoms with Crippen LogP contribution in [0.25, 0.3) is 0 Å². The molecule has 0 radical (unpaired) electrons. The van der Waals surface area contributed by atoms with E-state index in [0.29, 0.717) is 34.4 Å². The molecular formula is C36H32N5O6P3. The van der Waals surface area contributed by atoms with Crippen molar-refractivity contribution in [3.8, 4) is 34.5 Å². The van der Waals surface area contributed by atoms with Crippen LogP contribution in [0.4, 0.5) is 11.4 Å². The lowest BCUT2D eigenvalue weighted by Gasteiger charge is -2.33. The van der Waals surface area contributed by atoms with Crippen LogP contribution in [0.5, 0.6) is 34.5 Å². The van der Waals surface area contributed by atoms with E-state index in [1.165, 1.54) is 0 Å². The summed E-state index contributed by atoms with van der Waals surface area (Å²) in [7, 11) is -12.0. The van der Waals surface area contributed by atoms with E-state index in [2.05, 4.69) is 0 Å². The van der Waals surface area contributed by atoms with E-state index in [4.69, 9.17) is 52.2 Å². The third-order valence-corrected chi connectivity index (χ3v) is 14.9. The summed E-state index contributed by atoms with van der Waals surface area (Å²) in [5.41, 5.74) is 13.5. The van der Waals surface area contributed by atoms with Gasteiger partial charge in [0.15, 0.2) is 11.5 Å². The second-order valence-corrected chi connectivity index (χ2v) is 16.8. The highest BCUT2D eigenvalue weighted by molar-refractivity contribution is 7.79. The molecule has 0 aromatic heterocycles. The van der Waals surface area contributed by atoms with Gasteiger partial charge in [-0.3, -0.25) is 0 Å². The number of benzene rings is 6. The highest BCUT2D eigenvalue weighted by Crippen LogP contribution is 2.78. The van der Waals surface area contributed by atoms with Gasteiger partial charge in [-0.2, -0.15) is 0 Å². The van der Waals surface area contributed by atoms with Crippen LogP contribution in [0, 0.1) is 0 Å². The number of nitrogen functional groups attached to an aromatic ring is 2. The van der Waals surface area contributed by atoms with Crippen LogP contribution in [0.15, 0.2) is 183 Å². The van der Waals surface area contributed by atoms with Crippen LogP contribution in [-0.4, -0.2) is 0 Å². The van der Waals surface area contributed by atoms with Gasteiger partial charge < -0.3 is 38.6 Å². The van der Waals surface area contributed by atoms with Crippen molar-refractivity contribution in [3.05, 3.63) is 170 Å². The van der Waals surface area contributed by atoms with Gasteiger partial charge in [0.25, 0.3) is 0 Å². The summed E-state index contributed by atoms with van der Waals surface area (Å²) in [5.74, 6) is 2.17. The fourth-order valence-electron chi connectivity index (χ4n) is 4.62. The number of hydrogen-bond donors (Lipinski definition) is 2. The minimum absolute atomic E-state index is 0.250. The second-order valence-electron chi connectivity index (χ2n) is 10.6. The first-order valence-electron chi connectivity index (χ1n) is 15.4. The van der Waals surface area contributed by atoms with Gasteiger partial charge in [0.1, 0.15) is 23.0 Å². The van der Waals surface area contributed by atoms with Crippen molar-refractivity contribution >= 4 is 34.4 Å². The second kappa shape index (κ2) is 14.5. The molecule has 50 heavy (non-hydrogen) atoms. The minimum atomic E-state index is -4.08. The van der Waals surface area contributed by atoms with Crippen LogP contribution in [0.2, 0.25) is 0 Å². The van der Waals surface area contributed by atoms with Crippen molar-refractivity contribution in [1.82, 2.24) is 0 Å². The molecule has 1 aliphatic rings. The van der Waals surface area contributed by atoms with E-state index in [0.717, 1.165) is 0 Å². The Labute approximate surface area is 290 Å². The van der Waals surface area contributed by atoms with Crippen molar-refractivity contribution in [2.24, 2.45) is 13.5 Å². The van der Waals surface area contributed by atoms with Crippen molar-refractivity contribution in [1.29, 1.82) is 0 Å². The van der Waals surface area contributed by atoms with Gasteiger partial charge in [-0.25, -0.2) is 0 Å². The lowest BCUT2D eigenvalue weighted by atomic mass is 10.3. The Bertz CT molecular complexity index is 2020. The molecule has 6 aromatic carbocycles. The van der Waals surface area contributed by atoms with Crippen molar-refractivity contribution < 1.29 is 27.1 Å². The van der Waals surface area contributed by atoms with Crippen molar-refractivity contribution in [3.63, 3.8) is 0 Å². The largest absolute Gasteiger partial charge is 0.461 e. The molecule has 0 amide bonds. The molecule has 11 nitrogen and oxygen atoms in total. The number of rotatable bonds is 12. The third-order valence-electron chi connectivity index (χ3n) is 6.82. The van der Waals surface area contributed by atoms with E-state index >= 15 is 0 Å². The molecule has 1 heterocycles. The van der Waals surface area contributed by atoms with E-state index in [9.17, 15) is 0 Å². The molecule has 0 saturated carbocycles. The summed E-state index contributed by atoms with van der Waals surface area (Å²) < 4.78 is 55.9. The summed E-state index contributed by atoms with van der Waals surface area (Å²) in [4.78, 5) is 0. The Morgan fingerprint density at radius 2 is 0.540 bits per heavy atom. The average molecular weight is 724 g/mol. The SMILES string of the molecule is Nc1ccccc1OP1(Oc2ccccc2N)=NP(Oc2ccccc2)(Oc2ccccc2)=NP(Oc2ccccc2)(Oc2ccccc2)=N1. The first-order valence-corrected chi connectivity index (χ1v) is 20.0. The molecule has 4 N–H and O–H groups in total. The van der Waals surface area contributed by atoms with Crippen LogP contribution in [-0.2, 0) is 0 Å². The van der Waals surface area contributed by atoms with E-state index in [1.807, 2.05) is 72.8 Å². The Balaban J connectivity index is 1.58. The standard InChI is InChI=1S/C36H32N5O6P3/c37-33-25-13-15-27-35(33)46-50(47-36-28-16-14-26-34(36)38)40-48(42-29-17-5-1-6-18-29,43-30-19-7-2-8-20-30)39-49(41-50,44-31-21-9-3-10-22-31)45-32-23-11-4-12-24-32/h1-28H,37-38H2. The third kappa shape index (κ3) is 7.82. The molecule has 14 heteroatoms. The maximum absolute atomic E-state index is 6.74. The van der Waals surface area contributed by atoms with Gasteiger partial charge in [-0.15, -0.1) is 0 Å². The highest BCUT2D eigenvalue weighted by atomic mass is 31.3. The molecule has 0 spiro atoms. The van der Waals surface area contributed by atoms with E-state index in [-0.39, 0.29) is 11.5 Å². The number of nitrogens with two attached hydrogens (primary N) is 2. The predicted octanol–water partition coefficient (Wildman–Crippen LogP) is 11.5. The molecule has 6 aromatic rings. The zero-order valence-corrected chi connectivity index (χ0v) is 29.1.